The number of rotatable bonds is 5. The van der Waals surface area contributed by atoms with Crippen LogP contribution in [-0.4, -0.2) is 66.0 Å². The summed E-state index contributed by atoms with van der Waals surface area (Å²) in [7, 11) is 0. The Kier molecular flexibility index (Phi) is 6.77. The van der Waals surface area contributed by atoms with Gasteiger partial charge in [0, 0.05) is 51.1 Å². The molecular formula is C20H27N3O3. The van der Waals surface area contributed by atoms with Crippen LogP contribution in [0, 0.1) is 5.92 Å². The Balaban J connectivity index is 1.37. The maximum atomic E-state index is 12.3. The number of pyridine rings is 1. The van der Waals surface area contributed by atoms with Gasteiger partial charge in [0.25, 0.3) is 0 Å². The fraction of sp³-hybridized carbons (Fsp3) is 0.550. The molecule has 26 heavy (non-hydrogen) atoms. The van der Waals surface area contributed by atoms with E-state index in [1.54, 1.807) is 18.5 Å². The Morgan fingerprint density at radius 3 is 2.46 bits per heavy atom. The molecule has 0 aromatic carbocycles. The summed E-state index contributed by atoms with van der Waals surface area (Å²) in [6.07, 6.45) is 10.4. The van der Waals surface area contributed by atoms with Gasteiger partial charge in [-0.25, -0.2) is 0 Å². The molecule has 0 atom stereocenters. The summed E-state index contributed by atoms with van der Waals surface area (Å²) in [5.41, 5.74) is 0.977. The van der Waals surface area contributed by atoms with Gasteiger partial charge in [-0.15, -0.1) is 0 Å². The molecule has 2 aliphatic heterocycles. The molecule has 1 aromatic rings. The fourth-order valence-corrected chi connectivity index (χ4v) is 3.49. The minimum atomic E-state index is 0.0599. The molecule has 6 heteroatoms. The van der Waals surface area contributed by atoms with Crippen LogP contribution < -0.4 is 0 Å². The molecule has 0 saturated carbocycles. The zero-order valence-corrected chi connectivity index (χ0v) is 15.2. The van der Waals surface area contributed by atoms with Crippen LogP contribution in [0.2, 0.25) is 0 Å². The zero-order valence-electron chi connectivity index (χ0n) is 15.2. The molecule has 0 spiro atoms. The monoisotopic (exact) mass is 357 g/mol. The topological polar surface area (TPSA) is 62.7 Å². The lowest BCUT2D eigenvalue weighted by Crippen LogP contribution is -2.41. The highest BCUT2D eigenvalue weighted by Gasteiger charge is 2.23. The van der Waals surface area contributed by atoms with Gasteiger partial charge in [0.15, 0.2) is 0 Å². The predicted octanol–water partition coefficient (Wildman–Crippen LogP) is 1.97. The summed E-state index contributed by atoms with van der Waals surface area (Å²) < 4.78 is 5.29. The van der Waals surface area contributed by atoms with E-state index in [0.717, 1.165) is 51.0 Å². The first-order valence-corrected chi connectivity index (χ1v) is 9.45. The van der Waals surface area contributed by atoms with E-state index in [1.807, 2.05) is 28.0 Å². The summed E-state index contributed by atoms with van der Waals surface area (Å²) in [6.45, 7) is 4.29. The maximum absolute atomic E-state index is 12.3. The Morgan fingerprint density at radius 2 is 1.77 bits per heavy atom. The molecule has 2 amide bonds. The van der Waals surface area contributed by atoms with Crippen molar-refractivity contribution in [2.45, 2.75) is 25.7 Å². The smallest absolute Gasteiger partial charge is 0.246 e. The number of amides is 2. The van der Waals surface area contributed by atoms with E-state index in [9.17, 15) is 9.59 Å². The number of carbonyl (C=O) groups excluding carboxylic acids is 2. The van der Waals surface area contributed by atoms with Crippen molar-refractivity contribution in [1.82, 2.24) is 14.8 Å². The first-order chi connectivity index (χ1) is 12.7. The van der Waals surface area contributed by atoms with Gasteiger partial charge in [-0.05, 0) is 49.0 Å². The summed E-state index contributed by atoms with van der Waals surface area (Å²) in [5, 5.41) is 0. The standard InChI is InChI=1S/C20H27N3O3/c24-19(3-1-17-5-9-21-10-6-17)22-11-7-18(8-12-22)2-4-20(25)23-13-15-26-16-14-23/h1,3,5-6,9-10,18H,2,4,7-8,11-16H2. The summed E-state index contributed by atoms with van der Waals surface area (Å²) >= 11 is 0. The second-order valence-electron chi connectivity index (χ2n) is 6.91. The summed E-state index contributed by atoms with van der Waals surface area (Å²) in [6, 6.07) is 3.75. The number of hydrogen-bond donors (Lipinski definition) is 0. The van der Waals surface area contributed by atoms with Crippen molar-refractivity contribution in [2.75, 3.05) is 39.4 Å². The first-order valence-electron chi connectivity index (χ1n) is 9.45. The number of likely N-dealkylation sites (tertiary alicyclic amines) is 1. The number of carbonyl (C=O) groups is 2. The molecule has 2 saturated heterocycles. The fourth-order valence-electron chi connectivity index (χ4n) is 3.49. The van der Waals surface area contributed by atoms with E-state index in [2.05, 4.69) is 4.98 Å². The zero-order chi connectivity index (χ0) is 18.2. The van der Waals surface area contributed by atoms with Crippen LogP contribution in [0.15, 0.2) is 30.6 Å². The molecule has 0 unspecified atom stereocenters. The van der Waals surface area contributed by atoms with Crippen molar-refractivity contribution in [3.05, 3.63) is 36.2 Å². The molecule has 0 N–H and O–H groups in total. The molecule has 0 radical (unpaired) electrons. The number of piperidine rings is 1. The minimum Gasteiger partial charge on any atom is -0.378 e. The summed E-state index contributed by atoms with van der Waals surface area (Å²) in [5.74, 6) is 0.838. The highest BCUT2D eigenvalue weighted by molar-refractivity contribution is 5.91. The third kappa shape index (κ3) is 5.39. The Hall–Kier alpha value is -2.21. The molecule has 3 rings (SSSR count). The molecule has 0 bridgehead atoms. The number of aromatic nitrogens is 1. The molecular weight excluding hydrogens is 330 g/mol. The van der Waals surface area contributed by atoms with E-state index in [0.29, 0.717) is 25.6 Å². The third-order valence-corrected chi connectivity index (χ3v) is 5.18. The molecule has 0 aliphatic carbocycles. The lowest BCUT2D eigenvalue weighted by Gasteiger charge is -2.32. The van der Waals surface area contributed by atoms with Gasteiger partial charge < -0.3 is 14.5 Å². The van der Waals surface area contributed by atoms with Crippen molar-refractivity contribution >= 4 is 17.9 Å². The number of morpholine rings is 1. The van der Waals surface area contributed by atoms with Crippen LogP contribution in [0.4, 0.5) is 0 Å². The van der Waals surface area contributed by atoms with Crippen LogP contribution in [0.1, 0.15) is 31.2 Å². The normalized spacial score (nSPS) is 19.1. The van der Waals surface area contributed by atoms with Gasteiger partial charge in [0.05, 0.1) is 13.2 Å². The predicted molar refractivity (Wildman–Crippen MR) is 99.2 cm³/mol. The Bertz CT molecular complexity index is 618. The van der Waals surface area contributed by atoms with Crippen molar-refractivity contribution < 1.29 is 14.3 Å². The van der Waals surface area contributed by atoms with Crippen molar-refractivity contribution in [3.8, 4) is 0 Å². The van der Waals surface area contributed by atoms with Gasteiger partial charge in [-0.2, -0.15) is 0 Å². The molecule has 2 aliphatic rings. The van der Waals surface area contributed by atoms with Crippen LogP contribution in [0.3, 0.4) is 0 Å². The molecule has 140 valence electrons. The van der Waals surface area contributed by atoms with Gasteiger partial charge in [0.1, 0.15) is 0 Å². The number of ether oxygens (including phenoxy) is 1. The quantitative estimate of drug-likeness (QED) is 0.756. The second-order valence-corrected chi connectivity index (χ2v) is 6.91. The van der Waals surface area contributed by atoms with Gasteiger partial charge >= 0.3 is 0 Å². The maximum Gasteiger partial charge on any atom is 0.246 e. The number of nitrogens with zero attached hydrogens (tertiary/aromatic N) is 3. The van der Waals surface area contributed by atoms with Gasteiger partial charge in [0.2, 0.25) is 11.8 Å². The second kappa shape index (κ2) is 9.48. The van der Waals surface area contributed by atoms with Gasteiger partial charge in [-0.1, -0.05) is 0 Å². The van der Waals surface area contributed by atoms with Crippen LogP contribution in [-0.2, 0) is 14.3 Å². The highest BCUT2D eigenvalue weighted by Crippen LogP contribution is 2.22. The van der Waals surface area contributed by atoms with E-state index in [-0.39, 0.29) is 11.8 Å². The highest BCUT2D eigenvalue weighted by atomic mass is 16.5. The molecule has 2 fully saturated rings. The average molecular weight is 357 g/mol. The van der Waals surface area contributed by atoms with Crippen molar-refractivity contribution in [1.29, 1.82) is 0 Å². The summed E-state index contributed by atoms with van der Waals surface area (Å²) in [4.78, 5) is 32.3. The minimum absolute atomic E-state index is 0.0599. The third-order valence-electron chi connectivity index (χ3n) is 5.18. The Labute approximate surface area is 154 Å². The molecule has 3 heterocycles. The van der Waals surface area contributed by atoms with Crippen LogP contribution in [0.5, 0.6) is 0 Å². The SMILES string of the molecule is O=C(C=Cc1ccncc1)N1CCC(CCC(=O)N2CCOCC2)CC1. The van der Waals surface area contributed by atoms with E-state index < -0.39 is 0 Å². The van der Waals surface area contributed by atoms with Crippen molar-refractivity contribution in [3.63, 3.8) is 0 Å². The lowest BCUT2D eigenvalue weighted by atomic mass is 9.92. The first kappa shape index (κ1) is 18.6. The van der Waals surface area contributed by atoms with E-state index in [4.69, 9.17) is 4.74 Å². The Morgan fingerprint density at radius 1 is 1.08 bits per heavy atom. The van der Waals surface area contributed by atoms with Crippen molar-refractivity contribution in [2.24, 2.45) is 5.92 Å². The van der Waals surface area contributed by atoms with E-state index in [1.165, 1.54) is 0 Å². The largest absolute Gasteiger partial charge is 0.378 e. The van der Waals surface area contributed by atoms with Gasteiger partial charge in [-0.3, -0.25) is 14.6 Å². The van der Waals surface area contributed by atoms with Crippen LogP contribution in [0.25, 0.3) is 6.08 Å². The lowest BCUT2D eigenvalue weighted by molar-refractivity contribution is -0.136. The van der Waals surface area contributed by atoms with E-state index >= 15 is 0 Å². The number of hydrogen-bond acceptors (Lipinski definition) is 4. The molecule has 1 aromatic heterocycles. The average Bonchev–Trinajstić information content (AvgIpc) is 2.72. The van der Waals surface area contributed by atoms with Crippen LogP contribution >= 0.6 is 0 Å². The molecule has 6 nitrogen and oxygen atoms in total.